The van der Waals surface area contributed by atoms with Crippen LogP contribution in [0.15, 0.2) is 22.4 Å². The van der Waals surface area contributed by atoms with Gasteiger partial charge in [-0.05, 0) is 29.3 Å². The van der Waals surface area contributed by atoms with Crippen molar-refractivity contribution in [3.8, 4) is 0 Å². The van der Waals surface area contributed by atoms with Crippen LogP contribution < -0.4 is 0 Å². The molecule has 0 bridgehead atoms. The molecule has 1 saturated heterocycles. The predicted octanol–water partition coefficient (Wildman–Crippen LogP) is 2.26. The molecule has 1 aromatic rings. The number of thiophene rings is 1. The van der Waals surface area contributed by atoms with Crippen molar-refractivity contribution in [2.24, 2.45) is 0 Å². The summed E-state index contributed by atoms with van der Waals surface area (Å²) >= 11 is 2.31. The van der Waals surface area contributed by atoms with Gasteiger partial charge >= 0.3 is 5.97 Å². The fourth-order valence-electron chi connectivity index (χ4n) is 1.40. The Morgan fingerprint density at radius 2 is 2.22 bits per heavy atom. The molecule has 7 heteroatoms. The molecule has 0 radical (unpaired) electrons. The van der Waals surface area contributed by atoms with E-state index in [1.54, 1.807) is 6.08 Å². The molecule has 0 aliphatic carbocycles. The summed E-state index contributed by atoms with van der Waals surface area (Å²) in [6, 6.07) is 3.70. The van der Waals surface area contributed by atoms with E-state index in [-0.39, 0.29) is 13.0 Å². The third-order valence-corrected chi connectivity index (χ3v) is 3.97. The van der Waals surface area contributed by atoms with Crippen molar-refractivity contribution in [2.75, 3.05) is 6.54 Å². The Hall–Kier alpha value is -1.60. The number of carboxylic acids is 1. The molecule has 2 amide bonds. The number of thioether (sulfide) groups is 1. The van der Waals surface area contributed by atoms with E-state index in [0.29, 0.717) is 4.91 Å². The molecule has 0 atom stereocenters. The van der Waals surface area contributed by atoms with Gasteiger partial charge in [-0.3, -0.25) is 19.3 Å². The van der Waals surface area contributed by atoms with E-state index in [1.165, 1.54) is 11.3 Å². The van der Waals surface area contributed by atoms with Crippen molar-refractivity contribution in [1.82, 2.24) is 4.90 Å². The molecule has 1 N–H and O–H groups in total. The van der Waals surface area contributed by atoms with Crippen LogP contribution >= 0.6 is 23.1 Å². The van der Waals surface area contributed by atoms with Gasteiger partial charge < -0.3 is 5.11 Å². The largest absolute Gasteiger partial charge is 0.481 e. The highest BCUT2D eigenvalue weighted by Gasteiger charge is 2.34. The monoisotopic (exact) mass is 283 g/mol. The van der Waals surface area contributed by atoms with Crippen molar-refractivity contribution in [2.45, 2.75) is 6.42 Å². The van der Waals surface area contributed by atoms with E-state index >= 15 is 0 Å². The second-order valence-electron chi connectivity index (χ2n) is 3.49. The quantitative estimate of drug-likeness (QED) is 0.858. The van der Waals surface area contributed by atoms with Crippen LogP contribution in [-0.2, 0) is 9.59 Å². The van der Waals surface area contributed by atoms with E-state index in [9.17, 15) is 14.4 Å². The summed E-state index contributed by atoms with van der Waals surface area (Å²) in [6.07, 6.45) is 1.42. The standard InChI is InChI=1S/C11H9NO4S2/c13-9(14)3-4-12-10(15)8(18-11(12)16)6-7-2-1-5-17-7/h1-2,5-6H,3-4H2,(H,13,14). The van der Waals surface area contributed by atoms with Crippen LogP contribution in [0.1, 0.15) is 11.3 Å². The van der Waals surface area contributed by atoms with Crippen LogP contribution in [0.2, 0.25) is 0 Å². The fraction of sp³-hybridized carbons (Fsp3) is 0.182. The molecular formula is C11H9NO4S2. The van der Waals surface area contributed by atoms with E-state index in [2.05, 4.69) is 0 Å². The lowest BCUT2D eigenvalue weighted by molar-refractivity contribution is -0.137. The minimum atomic E-state index is -1.03. The Morgan fingerprint density at radius 3 is 2.83 bits per heavy atom. The normalized spacial score (nSPS) is 17.8. The van der Waals surface area contributed by atoms with E-state index < -0.39 is 17.1 Å². The second kappa shape index (κ2) is 5.36. The molecule has 18 heavy (non-hydrogen) atoms. The maximum Gasteiger partial charge on any atom is 0.305 e. The van der Waals surface area contributed by atoms with Crippen molar-refractivity contribution < 1.29 is 19.5 Å². The Bertz CT molecular complexity index is 521. The number of imide groups is 1. The molecule has 0 aromatic carbocycles. The van der Waals surface area contributed by atoms with Gasteiger partial charge in [-0.2, -0.15) is 0 Å². The van der Waals surface area contributed by atoms with Gasteiger partial charge in [0.25, 0.3) is 11.1 Å². The number of carbonyl (C=O) groups is 3. The van der Waals surface area contributed by atoms with Gasteiger partial charge in [0.2, 0.25) is 0 Å². The fourth-order valence-corrected chi connectivity index (χ4v) is 2.99. The number of carboxylic acid groups (broad SMARTS) is 1. The van der Waals surface area contributed by atoms with Gasteiger partial charge in [0.1, 0.15) is 0 Å². The summed E-state index contributed by atoms with van der Waals surface area (Å²) in [4.78, 5) is 36.1. The lowest BCUT2D eigenvalue weighted by Gasteiger charge is -2.09. The summed E-state index contributed by atoms with van der Waals surface area (Å²) in [6.45, 7) is -0.0816. The number of amides is 2. The van der Waals surface area contributed by atoms with Gasteiger partial charge in [0.05, 0.1) is 11.3 Å². The smallest absolute Gasteiger partial charge is 0.305 e. The molecule has 1 aliphatic rings. The first kappa shape index (κ1) is 12.8. The average Bonchev–Trinajstić information content (AvgIpc) is 2.88. The number of hydrogen-bond donors (Lipinski definition) is 1. The Kier molecular flexibility index (Phi) is 3.83. The minimum absolute atomic E-state index is 0.0816. The lowest BCUT2D eigenvalue weighted by atomic mass is 10.3. The molecule has 2 rings (SSSR count). The van der Waals surface area contributed by atoms with Gasteiger partial charge in [-0.1, -0.05) is 6.07 Å². The van der Waals surface area contributed by atoms with Crippen LogP contribution in [-0.4, -0.2) is 33.7 Å². The topological polar surface area (TPSA) is 74.7 Å². The third-order valence-electron chi connectivity index (χ3n) is 2.24. The Labute approximate surface area is 111 Å². The molecule has 5 nitrogen and oxygen atoms in total. The number of rotatable bonds is 4. The molecule has 0 unspecified atom stereocenters. The van der Waals surface area contributed by atoms with Crippen LogP contribution in [0.4, 0.5) is 4.79 Å². The summed E-state index contributed by atoms with van der Waals surface area (Å²) in [5.41, 5.74) is 0. The molecule has 0 spiro atoms. The van der Waals surface area contributed by atoms with Gasteiger partial charge in [0, 0.05) is 11.4 Å². The van der Waals surface area contributed by atoms with Crippen LogP contribution in [0.3, 0.4) is 0 Å². The van der Waals surface area contributed by atoms with Gasteiger partial charge in [-0.15, -0.1) is 11.3 Å². The zero-order chi connectivity index (χ0) is 13.1. The molecule has 94 valence electrons. The van der Waals surface area contributed by atoms with Crippen LogP contribution in [0, 0.1) is 0 Å². The number of carbonyl (C=O) groups excluding carboxylic acids is 2. The molecule has 2 heterocycles. The number of nitrogens with zero attached hydrogens (tertiary/aromatic N) is 1. The maximum atomic E-state index is 11.9. The lowest BCUT2D eigenvalue weighted by Crippen LogP contribution is -2.30. The van der Waals surface area contributed by atoms with Crippen LogP contribution in [0.25, 0.3) is 6.08 Å². The van der Waals surface area contributed by atoms with Gasteiger partial charge in [0.15, 0.2) is 0 Å². The highest BCUT2D eigenvalue weighted by Crippen LogP contribution is 2.32. The zero-order valence-corrected chi connectivity index (χ0v) is 10.8. The van der Waals surface area contributed by atoms with Crippen LogP contribution in [0.5, 0.6) is 0 Å². The predicted molar refractivity (Wildman–Crippen MR) is 69.2 cm³/mol. The Balaban J connectivity index is 2.11. The minimum Gasteiger partial charge on any atom is -0.481 e. The SMILES string of the molecule is O=C(O)CCN1C(=O)SC(=Cc2cccs2)C1=O. The summed E-state index contributed by atoms with van der Waals surface area (Å²) < 4.78 is 0. The molecule has 1 aromatic heterocycles. The highest BCUT2D eigenvalue weighted by atomic mass is 32.2. The van der Waals surface area contributed by atoms with Crippen molar-refractivity contribution in [3.05, 3.63) is 27.3 Å². The summed E-state index contributed by atoms with van der Waals surface area (Å²) in [7, 11) is 0. The molecule has 0 saturated carbocycles. The van der Waals surface area contributed by atoms with Crippen molar-refractivity contribution >= 4 is 46.3 Å². The highest BCUT2D eigenvalue weighted by molar-refractivity contribution is 8.18. The third kappa shape index (κ3) is 2.80. The molecule has 1 fully saturated rings. The van der Waals surface area contributed by atoms with Crippen molar-refractivity contribution in [1.29, 1.82) is 0 Å². The summed E-state index contributed by atoms with van der Waals surface area (Å²) in [5, 5.41) is 10.0. The first-order chi connectivity index (χ1) is 8.58. The van der Waals surface area contributed by atoms with E-state index in [1.807, 2.05) is 17.5 Å². The number of aliphatic carboxylic acids is 1. The van der Waals surface area contributed by atoms with Gasteiger partial charge in [-0.25, -0.2) is 0 Å². The van der Waals surface area contributed by atoms with Crippen molar-refractivity contribution in [3.63, 3.8) is 0 Å². The second-order valence-corrected chi connectivity index (χ2v) is 5.46. The zero-order valence-electron chi connectivity index (χ0n) is 9.16. The van der Waals surface area contributed by atoms with E-state index in [4.69, 9.17) is 5.11 Å². The van der Waals surface area contributed by atoms with E-state index in [0.717, 1.165) is 21.5 Å². The first-order valence-electron chi connectivity index (χ1n) is 5.08. The first-order valence-corrected chi connectivity index (χ1v) is 6.78. The summed E-state index contributed by atoms with van der Waals surface area (Å²) in [5.74, 6) is -1.45. The number of hydrogen-bond acceptors (Lipinski definition) is 5. The molecular weight excluding hydrogens is 274 g/mol. The average molecular weight is 283 g/mol. The maximum absolute atomic E-state index is 11.9. The Morgan fingerprint density at radius 1 is 1.44 bits per heavy atom. The molecule has 1 aliphatic heterocycles.